The molecule has 3 aromatic rings. The average Bonchev–Trinajstić information content (AvgIpc) is 2.70. The molecule has 134 valence electrons. The van der Waals surface area contributed by atoms with Crippen molar-refractivity contribution < 1.29 is 8.78 Å². The lowest BCUT2D eigenvalue weighted by molar-refractivity contribution is 0.576. The summed E-state index contributed by atoms with van der Waals surface area (Å²) in [6.45, 7) is 0. The van der Waals surface area contributed by atoms with E-state index >= 15 is 0 Å². The Kier molecular flexibility index (Phi) is 6.10. The SMILES string of the molecule is N#CC(Cc1cc(F)c(Br)cc1F)N=C(c1ccccc1)c1ccccc1. The molecule has 27 heavy (non-hydrogen) atoms. The molecule has 0 aliphatic carbocycles. The Balaban J connectivity index is 2.00. The van der Waals surface area contributed by atoms with Crippen molar-refractivity contribution in [3.8, 4) is 6.07 Å². The summed E-state index contributed by atoms with van der Waals surface area (Å²) >= 11 is 2.96. The van der Waals surface area contributed by atoms with E-state index in [1.807, 2.05) is 60.7 Å². The van der Waals surface area contributed by atoms with Gasteiger partial charge in [-0.2, -0.15) is 5.26 Å². The van der Waals surface area contributed by atoms with E-state index in [1.165, 1.54) is 0 Å². The van der Waals surface area contributed by atoms with Crippen molar-refractivity contribution in [3.63, 3.8) is 0 Å². The number of halogens is 3. The first kappa shape index (κ1) is 18.9. The Bertz CT molecular complexity index is 955. The third-order valence-electron chi connectivity index (χ3n) is 4.03. The number of hydrogen-bond acceptors (Lipinski definition) is 2. The lowest BCUT2D eigenvalue weighted by Gasteiger charge is -2.12. The topological polar surface area (TPSA) is 36.1 Å². The van der Waals surface area contributed by atoms with E-state index in [4.69, 9.17) is 0 Å². The fraction of sp³-hybridized carbons (Fsp3) is 0.0909. The minimum absolute atomic E-state index is 0.0182. The third kappa shape index (κ3) is 4.66. The first-order valence-corrected chi connectivity index (χ1v) is 9.09. The maximum absolute atomic E-state index is 14.2. The molecule has 0 amide bonds. The summed E-state index contributed by atoms with van der Waals surface area (Å²) in [7, 11) is 0. The van der Waals surface area contributed by atoms with E-state index in [9.17, 15) is 14.0 Å². The van der Waals surface area contributed by atoms with E-state index < -0.39 is 17.7 Å². The van der Waals surface area contributed by atoms with Gasteiger partial charge in [-0.25, -0.2) is 8.78 Å². The third-order valence-corrected chi connectivity index (χ3v) is 4.64. The second kappa shape index (κ2) is 8.70. The van der Waals surface area contributed by atoms with Crippen LogP contribution in [0.1, 0.15) is 16.7 Å². The van der Waals surface area contributed by atoms with E-state index in [-0.39, 0.29) is 16.5 Å². The minimum atomic E-state index is -0.851. The molecule has 0 aliphatic rings. The first-order chi connectivity index (χ1) is 13.1. The fourth-order valence-electron chi connectivity index (χ4n) is 2.71. The van der Waals surface area contributed by atoms with E-state index in [0.29, 0.717) is 5.71 Å². The predicted molar refractivity (Wildman–Crippen MR) is 106 cm³/mol. The molecule has 0 spiro atoms. The molecule has 3 rings (SSSR count). The lowest BCUT2D eigenvalue weighted by atomic mass is 10.0. The second-order valence-corrected chi connectivity index (χ2v) is 6.77. The smallest absolute Gasteiger partial charge is 0.141 e. The van der Waals surface area contributed by atoms with Crippen LogP contribution in [0, 0.1) is 23.0 Å². The zero-order valence-electron chi connectivity index (χ0n) is 14.2. The number of nitriles is 1. The molecule has 3 aromatic carbocycles. The van der Waals surface area contributed by atoms with Gasteiger partial charge in [0.2, 0.25) is 0 Å². The van der Waals surface area contributed by atoms with Crippen LogP contribution >= 0.6 is 15.9 Å². The Hall–Kier alpha value is -2.84. The van der Waals surface area contributed by atoms with E-state index in [2.05, 4.69) is 27.0 Å². The van der Waals surface area contributed by atoms with Gasteiger partial charge in [-0.1, -0.05) is 60.7 Å². The Labute approximate surface area is 164 Å². The van der Waals surface area contributed by atoms with Crippen LogP contribution in [0.5, 0.6) is 0 Å². The molecular weight excluding hydrogens is 410 g/mol. The average molecular weight is 425 g/mol. The largest absolute Gasteiger partial charge is 0.265 e. The predicted octanol–water partition coefficient (Wildman–Crippen LogP) is 5.70. The molecule has 0 fully saturated rings. The molecule has 1 unspecified atom stereocenters. The van der Waals surface area contributed by atoms with Crippen molar-refractivity contribution >= 4 is 21.6 Å². The number of nitrogens with zero attached hydrogens (tertiary/aromatic N) is 2. The van der Waals surface area contributed by atoms with E-state index in [0.717, 1.165) is 23.3 Å². The highest BCUT2D eigenvalue weighted by Crippen LogP contribution is 2.22. The maximum Gasteiger partial charge on any atom is 0.141 e. The standard InChI is InChI=1S/C22H15BrF2N2/c23-19-13-20(24)17(12-21(19)25)11-18(14-26)27-22(15-7-3-1-4-8-15)16-9-5-2-6-10-16/h1-10,12-13,18H,11H2. The van der Waals surface area contributed by atoms with Gasteiger partial charge < -0.3 is 0 Å². The summed E-state index contributed by atoms with van der Waals surface area (Å²) in [6, 6.07) is 22.4. The quantitative estimate of drug-likeness (QED) is 0.382. The Morgan fingerprint density at radius 1 is 0.926 bits per heavy atom. The molecule has 0 heterocycles. The van der Waals surface area contributed by atoms with Gasteiger partial charge >= 0.3 is 0 Å². The van der Waals surface area contributed by atoms with Crippen LogP contribution < -0.4 is 0 Å². The van der Waals surface area contributed by atoms with Crippen LogP contribution in [0.4, 0.5) is 8.78 Å². The Morgan fingerprint density at radius 3 is 2.00 bits per heavy atom. The van der Waals surface area contributed by atoms with Crippen LogP contribution in [0.15, 0.2) is 82.3 Å². The summed E-state index contributed by atoms with van der Waals surface area (Å²) in [5.74, 6) is -1.14. The van der Waals surface area contributed by atoms with Crippen molar-refractivity contribution in [1.29, 1.82) is 5.26 Å². The maximum atomic E-state index is 14.2. The van der Waals surface area contributed by atoms with Crippen molar-refractivity contribution in [3.05, 3.63) is 106 Å². The lowest BCUT2D eigenvalue weighted by Crippen LogP contribution is -2.13. The van der Waals surface area contributed by atoms with Crippen LogP contribution in [-0.4, -0.2) is 11.8 Å². The number of rotatable bonds is 5. The van der Waals surface area contributed by atoms with Crippen molar-refractivity contribution in [1.82, 2.24) is 0 Å². The monoisotopic (exact) mass is 424 g/mol. The molecule has 0 N–H and O–H groups in total. The zero-order valence-corrected chi connectivity index (χ0v) is 15.8. The van der Waals surface area contributed by atoms with Gasteiger partial charge in [-0.05, 0) is 33.6 Å². The summed E-state index contributed by atoms with van der Waals surface area (Å²) in [5, 5.41) is 9.56. The normalized spacial score (nSPS) is 11.5. The van der Waals surface area contributed by atoms with Crippen LogP contribution in [-0.2, 0) is 6.42 Å². The van der Waals surface area contributed by atoms with Crippen molar-refractivity contribution in [2.75, 3.05) is 0 Å². The molecule has 2 nitrogen and oxygen atoms in total. The number of aliphatic imine (C=N–C) groups is 1. The molecule has 0 bridgehead atoms. The van der Waals surface area contributed by atoms with Gasteiger partial charge in [0, 0.05) is 17.5 Å². The molecular formula is C22H15BrF2N2. The molecule has 0 aromatic heterocycles. The number of hydrogen-bond donors (Lipinski definition) is 0. The highest BCUT2D eigenvalue weighted by Gasteiger charge is 2.16. The highest BCUT2D eigenvalue weighted by molar-refractivity contribution is 9.10. The Morgan fingerprint density at radius 2 is 1.48 bits per heavy atom. The van der Waals surface area contributed by atoms with Gasteiger partial charge in [0.1, 0.15) is 17.7 Å². The van der Waals surface area contributed by atoms with Gasteiger partial charge in [0.25, 0.3) is 0 Å². The fourth-order valence-corrected chi connectivity index (χ4v) is 3.03. The van der Waals surface area contributed by atoms with Crippen molar-refractivity contribution in [2.24, 2.45) is 4.99 Å². The molecule has 0 aliphatic heterocycles. The second-order valence-electron chi connectivity index (χ2n) is 5.92. The summed E-state index contributed by atoms with van der Waals surface area (Å²) in [6.07, 6.45) is -0.0182. The van der Waals surface area contributed by atoms with E-state index in [1.54, 1.807) is 0 Å². The number of benzene rings is 3. The molecule has 1 atom stereocenters. The summed E-state index contributed by atoms with van der Waals surface area (Å²) < 4.78 is 28.0. The van der Waals surface area contributed by atoms with Crippen LogP contribution in [0.3, 0.4) is 0 Å². The van der Waals surface area contributed by atoms with Gasteiger partial charge in [0.05, 0.1) is 16.3 Å². The van der Waals surface area contributed by atoms with Crippen molar-refractivity contribution in [2.45, 2.75) is 12.5 Å². The molecule has 0 radical (unpaired) electrons. The molecule has 0 saturated carbocycles. The minimum Gasteiger partial charge on any atom is -0.265 e. The van der Waals surface area contributed by atoms with Gasteiger partial charge in [-0.15, -0.1) is 0 Å². The summed E-state index contributed by atoms with van der Waals surface area (Å²) in [4.78, 5) is 4.58. The molecule has 0 saturated heterocycles. The zero-order chi connectivity index (χ0) is 19.2. The summed E-state index contributed by atoms with van der Waals surface area (Å²) in [5.41, 5.74) is 2.46. The van der Waals surface area contributed by atoms with Gasteiger partial charge in [-0.3, -0.25) is 4.99 Å². The van der Waals surface area contributed by atoms with Gasteiger partial charge in [0.15, 0.2) is 0 Å². The highest BCUT2D eigenvalue weighted by atomic mass is 79.9. The van der Waals surface area contributed by atoms with Crippen LogP contribution in [0.2, 0.25) is 0 Å². The first-order valence-electron chi connectivity index (χ1n) is 8.30. The molecule has 5 heteroatoms. The van der Waals surface area contributed by atoms with Crippen LogP contribution in [0.25, 0.3) is 0 Å².